The maximum atomic E-state index is 11.4. The summed E-state index contributed by atoms with van der Waals surface area (Å²) in [6.45, 7) is -0.168. The Morgan fingerprint density at radius 2 is 1.59 bits per heavy atom. The molecular weight excluding hydrogens is 280 g/mol. The van der Waals surface area contributed by atoms with Gasteiger partial charge in [0.1, 0.15) is 0 Å². The van der Waals surface area contributed by atoms with Crippen LogP contribution in [-0.4, -0.2) is 23.5 Å². The lowest BCUT2D eigenvalue weighted by atomic mass is 9.99. The normalized spacial score (nSPS) is 11.7. The van der Waals surface area contributed by atoms with E-state index in [2.05, 4.69) is 5.32 Å². The number of nitrogens with one attached hydrogen (secondary N) is 1. The van der Waals surface area contributed by atoms with E-state index in [4.69, 9.17) is 10.8 Å². The second-order valence-electron chi connectivity index (χ2n) is 4.91. The summed E-state index contributed by atoms with van der Waals surface area (Å²) >= 11 is 0. The number of aliphatic carboxylic acids is 1. The molecule has 2 aromatic carbocycles. The highest BCUT2D eigenvalue weighted by molar-refractivity contribution is 5.79. The fourth-order valence-electron chi connectivity index (χ4n) is 2.22. The van der Waals surface area contributed by atoms with Gasteiger partial charge in [0.05, 0.1) is 19.0 Å². The molecule has 5 nitrogen and oxygen atoms in total. The van der Waals surface area contributed by atoms with Crippen molar-refractivity contribution in [1.29, 1.82) is 0 Å². The number of amides is 1. The summed E-state index contributed by atoms with van der Waals surface area (Å²) in [7, 11) is 0. The topological polar surface area (TPSA) is 92.4 Å². The third-order valence-electron chi connectivity index (χ3n) is 3.32. The van der Waals surface area contributed by atoms with Gasteiger partial charge in [-0.05, 0) is 16.7 Å². The molecule has 0 saturated carbocycles. The van der Waals surface area contributed by atoms with E-state index < -0.39 is 12.0 Å². The summed E-state index contributed by atoms with van der Waals surface area (Å²) in [6.07, 6.45) is -0.184. The second-order valence-corrected chi connectivity index (χ2v) is 4.91. The molecule has 0 spiro atoms. The Morgan fingerprint density at radius 3 is 2.14 bits per heavy atom. The number of hydrogen-bond acceptors (Lipinski definition) is 3. The molecule has 114 valence electrons. The molecule has 1 unspecified atom stereocenters. The molecule has 0 saturated heterocycles. The van der Waals surface area contributed by atoms with Crippen molar-refractivity contribution in [2.45, 2.75) is 12.5 Å². The zero-order valence-corrected chi connectivity index (χ0v) is 12.0. The molecule has 0 aliphatic carbocycles. The van der Waals surface area contributed by atoms with Gasteiger partial charge in [0.15, 0.2) is 0 Å². The Kier molecular flexibility index (Phi) is 5.27. The summed E-state index contributed by atoms with van der Waals surface area (Å²) in [5.74, 6) is -1.35. The lowest BCUT2D eigenvalue weighted by molar-refractivity contribution is -0.137. The fourth-order valence-corrected chi connectivity index (χ4v) is 2.22. The Bertz CT molecular complexity index is 639. The van der Waals surface area contributed by atoms with Gasteiger partial charge in [0, 0.05) is 0 Å². The molecule has 5 heteroatoms. The summed E-state index contributed by atoms with van der Waals surface area (Å²) in [6, 6.07) is 16.7. The number of hydrogen-bond donors (Lipinski definition) is 3. The molecule has 0 aromatic heterocycles. The van der Waals surface area contributed by atoms with E-state index in [1.165, 1.54) is 0 Å². The summed E-state index contributed by atoms with van der Waals surface area (Å²) in [5, 5.41) is 11.6. The van der Waals surface area contributed by atoms with Gasteiger partial charge in [0.2, 0.25) is 5.91 Å². The number of carboxylic acid groups (broad SMARTS) is 1. The zero-order valence-electron chi connectivity index (χ0n) is 12.0. The number of carbonyl (C=O) groups excluding carboxylic acids is 1. The van der Waals surface area contributed by atoms with Gasteiger partial charge >= 0.3 is 5.97 Å². The van der Waals surface area contributed by atoms with Gasteiger partial charge in [-0.25, -0.2) is 0 Å². The predicted molar refractivity (Wildman–Crippen MR) is 84.1 cm³/mol. The Hall–Kier alpha value is -2.66. The minimum atomic E-state index is -0.977. The summed E-state index contributed by atoms with van der Waals surface area (Å²) < 4.78 is 0. The maximum Gasteiger partial charge on any atom is 0.305 e. The van der Waals surface area contributed by atoms with E-state index in [0.29, 0.717) is 0 Å². The van der Waals surface area contributed by atoms with E-state index in [-0.39, 0.29) is 18.9 Å². The van der Waals surface area contributed by atoms with Gasteiger partial charge in [-0.15, -0.1) is 0 Å². The third-order valence-corrected chi connectivity index (χ3v) is 3.32. The van der Waals surface area contributed by atoms with Crippen molar-refractivity contribution in [3.63, 3.8) is 0 Å². The molecule has 0 aliphatic heterocycles. The molecule has 4 N–H and O–H groups in total. The summed E-state index contributed by atoms with van der Waals surface area (Å²) in [4.78, 5) is 22.4. The average Bonchev–Trinajstić information content (AvgIpc) is 2.54. The van der Waals surface area contributed by atoms with Crippen molar-refractivity contribution in [3.8, 4) is 11.1 Å². The molecule has 1 amide bonds. The number of carbonyl (C=O) groups is 2. The van der Waals surface area contributed by atoms with Crippen LogP contribution >= 0.6 is 0 Å². The molecule has 0 radical (unpaired) electrons. The first-order valence-corrected chi connectivity index (χ1v) is 6.96. The summed E-state index contributed by atoms with van der Waals surface area (Å²) in [5.41, 5.74) is 8.12. The van der Waals surface area contributed by atoms with E-state index in [9.17, 15) is 9.59 Å². The van der Waals surface area contributed by atoms with Crippen LogP contribution in [0, 0.1) is 0 Å². The van der Waals surface area contributed by atoms with Crippen molar-refractivity contribution in [2.75, 3.05) is 6.54 Å². The smallest absolute Gasteiger partial charge is 0.305 e. The second kappa shape index (κ2) is 7.38. The maximum absolute atomic E-state index is 11.4. The van der Waals surface area contributed by atoms with Crippen molar-refractivity contribution in [2.24, 2.45) is 5.73 Å². The van der Waals surface area contributed by atoms with Crippen LogP contribution in [0.1, 0.15) is 18.0 Å². The molecule has 2 aromatic rings. The van der Waals surface area contributed by atoms with Crippen LogP contribution in [0.4, 0.5) is 0 Å². The molecule has 1 atom stereocenters. The lowest BCUT2D eigenvalue weighted by Gasteiger charge is -2.17. The van der Waals surface area contributed by atoms with Crippen LogP contribution in [0.2, 0.25) is 0 Å². The molecule has 0 bridgehead atoms. The molecule has 2 rings (SSSR count). The van der Waals surface area contributed by atoms with Crippen LogP contribution in [0.15, 0.2) is 54.6 Å². The molecule has 0 heterocycles. The standard InChI is InChI=1S/C17H18N2O3/c18-11-16(20)19-15(10-17(21)22)14-8-6-13(7-9-14)12-4-2-1-3-5-12/h1-9,15H,10-11,18H2,(H,19,20)(H,21,22). The van der Waals surface area contributed by atoms with Gasteiger partial charge in [0.25, 0.3) is 0 Å². The van der Waals surface area contributed by atoms with E-state index in [1.54, 1.807) is 0 Å². The van der Waals surface area contributed by atoms with E-state index in [1.807, 2.05) is 54.6 Å². The monoisotopic (exact) mass is 298 g/mol. The van der Waals surface area contributed by atoms with Crippen LogP contribution in [0.25, 0.3) is 11.1 Å². The van der Waals surface area contributed by atoms with Crippen molar-refractivity contribution < 1.29 is 14.7 Å². The number of carboxylic acids is 1. The van der Waals surface area contributed by atoms with Crippen molar-refractivity contribution in [1.82, 2.24) is 5.32 Å². The van der Waals surface area contributed by atoms with Gasteiger partial charge < -0.3 is 16.2 Å². The highest BCUT2D eigenvalue weighted by Gasteiger charge is 2.17. The minimum absolute atomic E-state index is 0.168. The van der Waals surface area contributed by atoms with Gasteiger partial charge in [-0.1, -0.05) is 54.6 Å². The molecule has 0 fully saturated rings. The third kappa shape index (κ3) is 4.17. The first kappa shape index (κ1) is 15.7. The SMILES string of the molecule is NCC(=O)NC(CC(=O)O)c1ccc(-c2ccccc2)cc1. The van der Waals surface area contributed by atoms with E-state index >= 15 is 0 Å². The van der Waals surface area contributed by atoms with Crippen molar-refractivity contribution >= 4 is 11.9 Å². The largest absolute Gasteiger partial charge is 0.481 e. The number of benzene rings is 2. The first-order chi connectivity index (χ1) is 10.6. The number of rotatable bonds is 6. The van der Waals surface area contributed by atoms with Gasteiger partial charge in [-0.2, -0.15) is 0 Å². The van der Waals surface area contributed by atoms with Crippen LogP contribution in [-0.2, 0) is 9.59 Å². The van der Waals surface area contributed by atoms with Crippen LogP contribution in [0.3, 0.4) is 0 Å². The quantitative estimate of drug-likeness (QED) is 0.760. The predicted octanol–water partition coefficient (Wildman–Crippen LogP) is 1.94. The van der Waals surface area contributed by atoms with Gasteiger partial charge in [-0.3, -0.25) is 9.59 Å². The Labute approximate surface area is 128 Å². The fraction of sp³-hybridized carbons (Fsp3) is 0.176. The Balaban J connectivity index is 2.21. The first-order valence-electron chi connectivity index (χ1n) is 6.96. The van der Waals surface area contributed by atoms with Crippen LogP contribution in [0.5, 0.6) is 0 Å². The average molecular weight is 298 g/mol. The highest BCUT2D eigenvalue weighted by atomic mass is 16.4. The van der Waals surface area contributed by atoms with E-state index in [0.717, 1.165) is 16.7 Å². The molecular formula is C17H18N2O3. The van der Waals surface area contributed by atoms with Crippen LogP contribution < -0.4 is 11.1 Å². The zero-order chi connectivity index (χ0) is 15.9. The Morgan fingerprint density at radius 1 is 1.00 bits per heavy atom. The number of nitrogens with two attached hydrogens (primary N) is 1. The van der Waals surface area contributed by atoms with Crippen molar-refractivity contribution in [3.05, 3.63) is 60.2 Å². The lowest BCUT2D eigenvalue weighted by Crippen LogP contribution is -2.34. The molecule has 22 heavy (non-hydrogen) atoms. The minimum Gasteiger partial charge on any atom is -0.481 e. The highest BCUT2D eigenvalue weighted by Crippen LogP contribution is 2.23. The molecule has 0 aliphatic rings.